The molecule has 14 heteroatoms. The first-order valence-corrected chi connectivity index (χ1v) is 16.8. The number of halogens is 5. The van der Waals surface area contributed by atoms with Gasteiger partial charge in [-0.15, -0.1) is 11.8 Å². The summed E-state index contributed by atoms with van der Waals surface area (Å²) in [5, 5.41) is 9.85. The average molecular weight is 686 g/mol. The molecule has 0 bridgehead atoms. The van der Waals surface area contributed by atoms with Gasteiger partial charge in [-0.25, -0.2) is 4.98 Å². The van der Waals surface area contributed by atoms with Gasteiger partial charge in [0.2, 0.25) is 11.9 Å². The number of anilines is 3. The summed E-state index contributed by atoms with van der Waals surface area (Å²) in [4.78, 5) is 32.9. The van der Waals surface area contributed by atoms with E-state index in [2.05, 4.69) is 20.9 Å². The van der Waals surface area contributed by atoms with Crippen LogP contribution in [0.3, 0.4) is 0 Å². The Morgan fingerprint density at radius 2 is 1.80 bits per heavy atom. The highest BCUT2D eigenvalue weighted by atomic mass is 35.5. The fourth-order valence-corrected chi connectivity index (χ4v) is 7.11. The minimum absolute atomic E-state index is 0.00759. The van der Waals surface area contributed by atoms with Crippen LogP contribution in [0.15, 0.2) is 24.3 Å². The number of carbonyl (C=O) groups excluding carboxylic acids is 2. The molecular weight excluding hydrogens is 648 g/mol. The van der Waals surface area contributed by atoms with Crippen molar-refractivity contribution in [3.63, 3.8) is 0 Å². The Labute approximate surface area is 274 Å². The second-order valence-electron chi connectivity index (χ2n) is 12.7. The fraction of sp³-hybridized carbons (Fsp3) is 0.516. The number of hydrogen-bond acceptors (Lipinski definition) is 6. The van der Waals surface area contributed by atoms with Gasteiger partial charge >= 0.3 is 6.18 Å². The Morgan fingerprint density at radius 1 is 1.09 bits per heavy atom. The van der Waals surface area contributed by atoms with Gasteiger partial charge in [0.1, 0.15) is 0 Å². The lowest BCUT2D eigenvalue weighted by Crippen LogP contribution is -2.40. The van der Waals surface area contributed by atoms with E-state index in [1.807, 2.05) is 38.5 Å². The number of rotatable bonds is 7. The number of nitrogens with zero attached hydrogens (tertiary/aromatic N) is 3. The molecule has 0 atom stereocenters. The number of benzene rings is 2. The average Bonchev–Trinajstić information content (AvgIpc) is 3.61. The normalized spacial score (nSPS) is 19.2. The molecule has 1 aliphatic heterocycles. The largest absolute Gasteiger partial charge is 0.391 e. The standard InChI is InChI=1S/C31H37Cl2F3N6O2S/c1-30(2,3)28(44)37-15-17-5-10-21(32)26(25(17)33)40-29-39-22-13-20(23(14-24(22)41(29)4)42-11-12-45-16-42)27(43)38-19-8-6-18(7-9-19)31(34,35)36/h5,10,13-14,18-19H,6-9,11-12,15-16H2,1-4H3,(H,37,44)(H,38,43)(H,39,40). The van der Waals surface area contributed by atoms with E-state index in [4.69, 9.17) is 28.2 Å². The number of thioether (sulfide) groups is 1. The van der Waals surface area contributed by atoms with Gasteiger partial charge in [0.15, 0.2) is 0 Å². The van der Waals surface area contributed by atoms with E-state index in [1.165, 1.54) is 0 Å². The molecule has 1 saturated carbocycles. The van der Waals surface area contributed by atoms with Crippen LogP contribution in [0, 0.1) is 11.3 Å². The van der Waals surface area contributed by atoms with Crippen molar-refractivity contribution in [2.45, 2.75) is 65.2 Å². The van der Waals surface area contributed by atoms with Gasteiger partial charge < -0.3 is 25.4 Å². The fourth-order valence-electron chi connectivity index (χ4n) is 5.61. The number of aryl methyl sites for hydroxylation is 1. The number of hydrogen-bond donors (Lipinski definition) is 3. The van der Waals surface area contributed by atoms with Gasteiger partial charge in [-0.3, -0.25) is 9.59 Å². The van der Waals surface area contributed by atoms with E-state index < -0.39 is 17.5 Å². The molecule has 1 aromatic heterocycles. The maximum absolute atomic E-state index is 13.6. The number of alkyl halides is 3. The van der Waals surface area contributed by atoms with Crippen LogP contribution in [-0.4, -0.2) is 51.8 Å². The molecule has 1 aliphatic carbocycles. The van der Waals surface area contributed by atoms with Gasteiger partial charge in [-0.2, -0.15) is 13.2 Å². The molecule has 8 nitrogen and oxygen atoms in total. The molecule has 2 amide bonds. The van der Waals surface area contributed by atoms with Crippen molar-refractivity contribution in [1.29, 1.82) is 0 Å². The zero-order valence-corrected chi connectivity index (χ0v) is 27.9. The van der Waals surface area contributed by atoms with Crippen LogP contribution in [0.25, 0.3) is 11.0 Å². The van der Waals surface area contributed by atoms with Gasteiger partial charge in [0.05, 0.1) is 49.8 Å². The molecule has 2 aliphatic rings. The SMILES string of the molecule is Cn1c(Nc2c(Cl)ccc(CNC(=O)C(C)(C)C)c2Cl)nc2cc(C(=O)NC3CCC(C(F)(F)F)CC3)c(N3CCSC3)cc21. The van der Waals surface area contributed by atoms with Crippen molar-refractivity contribution < 1.29 is 22.8 Å². The highest BCUT2D eigenvalue weighted by Gasteiger charge is 2.41. The van der Waals surface area contributed by atoms with Crippen LogP contribution in [0.2, 0.25) is 10.0 Å². The van der Waals surface area contributed by atoms with Crippen LogP contribution in [0.5, 0.6) is 0 Å². The summed E-state index contributed by atoms with van der Waals surface area (Å²) >= 11 is 15.1. The van der Waals surface area contributed by atoms with Crippen molar-refractivity contribution in [3.8, 4) is 0 Å². The summed E-state index contributed by atoms with van der Waals surface area (Å²) in [7, 11) is 1.84. The lowest BCUT2D eigenvalue weighted by molar-refractivity contribution is -0.182. The summed E-state index contributed by atoms with van der Waals surface area (Å²) in [5.41, 5.74) is 3.06. The maximum atomic E-state index is 13.6. The lowest BCUT2D eigenvalue weighted by atomic mass is 9.85. The van der Waals surface area contributed by atoms with E-state index in [0.717, 1.165) is 29.4 Å². The Hall–Kier alpha value is -2.83. The molecule has 3 N–H and O–H groups in total. The van der Waals surface area contributed by atoms with Gasteiger partial charge in [0.25, 0.3) is 5.91 Å². The molecule has 0 spiro atoms. The summed E-state index contributed by atoms with van der Waals surface area (Å²) in [6.07, 6.45) is -3.62. The van der Waals surface area contributed by atoms with E-state index in [0.29, 0.717) is 38.3 Å². The highest BCUT2D eigenvalue weighted by molar-refractivity contribution is 7.99. The number of imidazole rings is 1. The van der Waals surface area contributed by atoms with Crippen molar-refractivity contribution in [2.24, 2.45) is 18.4 Å². The zero-order valence-electron chi connectivity index (χ0n) is 25.6. The molecular formula is C31H37Cl2F3N6O2S. The minimum atomic E-state index is -4.21. The Morgan fingerprint density at radius 3 is 2.42 bits per heavy atom. The van der Waals surface area contributed by atoms with E-state index in [9.17, 15) is 22.8 Å². The topological polar surface area (TPSA) is 91.3 Å². The predicted octanol–water partition coefficient (Wildman–Crippen LogP) is 7.65. The number of amides is 2. The third kappa shape index (κ3) is 7.44. The van der Waals surface area contributed by atoms with Crippen molar-refractivity contribution in [1.82, 2.24) is 20.2 Å². The quantitative estimate of drug-likeness (QED) is 0.237. The monoisotopic (exact) mass is 684 g/mol. The molecule has 1 saturated heterocycles. The van der Waals surface area contributed by atoms with Crippen LogP contribution in [0.4, 0.5) is 30.5 Å². The van der Waals surface area contributed by atoms with Crippen LogP contribution in [0.1, 0.15) is 62.4 Å². The zero-order chi connectivity index (χ0) is 32.7. The van der Waals surface area contributed by atoms with Gasteiger partial charge in [-0.05, 0) is 49.4 Å². The Bertz CT molecular complexity index is 1590. The summed E-state index contributed by atoms with van der Waals surface area (Å²) in [6, 6.07) is 6.80. The maximum Gasteiger partial charge on any atom is 0.391 e. The van der Waals surface area contributed by atoms with Crippen molar-refractivity contribution in [3.05, 3.63) is 45.4 Å². The third-order valence-electron chi connectivity index (χ3n) is 8.39. The van der Waals surface area contributed by atoms with Gasteiger partial charge in [0, 0.05) is 37.3 Å². The van der Waals surface area contributed by atoms with Crippen LogP contribution < -0.4 is 20.9 Å². The molecule has 45 heavy (non-hydrogen) atoms. The van der Waals surface area contributed by atoms with Crippen molar-refractivity contribution in [2.75, 3.05) is 28.4 Å². The number of aromatic nitrogens is 2. The Kier molecular flexibility index (Phi) is 9.77. The third-order valence-corrected chi connectivity index (χ3v) is 10.1. The first-order valence-electron chi connectivity index (χ1n) is 14.9. The van der Waals surface area contributed by atoms with E-state index >= 15 is 0 Å². The summed E-state index contributed by atoms with van der Waals surface area (Å²) < 4.78 is 41.4. The van der Waals surface area contributed by atoms with Gasteiger partial charge in [-0.1, -0.05) is 50.0 Å². The molecule has 3 aromatic rings. The first kappa shape index (κ1) is 33.5. The Balaban J connectivity index is 1.42. The van der Waals surface area contributed by atoms with E-state index in [1.54, 1.807) is 30.0 Å². The summed E-state index contributed by atoms with van der Waals surface area (Å²) in [6.45, 7) is 6.47. The molecule has 2 heterocycles. The molecule has 2 fully saturated rings. The highest BCUT2D eigenvalue weighted by Crippen LogP contribution is 2.39. The van der Waals surface area contributed by atoms with Crippen LogP contribution >= 0.6 is 35.0 Å². The first-order chi connectivity index (χ1) is 21.1. The number of nitrogens with one attached hydrogen (secondary N) is 3. The lowest BCUT2D eigenvalue weighted by Gasteiger charge is -2.30. The van der Waals surface area contributed by atoms with Crippen LogP contribution in [-0.2, 0) is 18.4 Å². The molecule has 0 unspecified atom stereocenters. The molecule has 5 rings (SSSR count). The number of fused-ring (bicyclic) bond motifs is 1. The van der Waals surface area contributed by atoms with E-state index in [-0.39, 0.29) is 50.1 Å². The number of carbonyl (C=O) groups is 2. The van der Waals surface area contributed by atoms with Crippen molar-refractivity contribution >= 4 is 75.1 Å². The molecule has 2 aromatic carbocycles. The second-order valence-corrected chi connectivity index (χ2v) is 14.5. The summed E-state index contributed by atoms with van der Waals surface area (Å²) in [5.74, 6) is 0.324. The molecule has 244 valence electrons. The minimum Gasteiger partial charge on any atom is -0.361 e. The molecule has 0 radical (unpaired) electrons. The second kappa shape index (κ2) is 13.1. The predicted molar refractivity (Wildman–Crippen MR) is 176 cm³/mol. The smallest absolute Gasteiger partial charge is 0.361 e.